The molecular formula is C23H24ClN5O3. The van der Waals surface area contributed by atoms with Gasteiger partial charge in [0.05, 0.1) is 12.5 Å². The second-order valence-electron chi connectivity index (χ2n) is 7.84. The first kappa shape index (κ1) is 22.0. The number of carbonyl (C=O) groups excluding carboxylic acids is 2. The Balaban J connectivity index is 1.35. The summed E-state index contributed by atoms with van der Waals surface area (Å²) in [5.41, 5.74) is 2.14. The zero-order valence-electron chi connectivity index (χ0n) is 17.7. The topological polar surface area (TPSA) is 100 Å². The fourth-order valence-corrected chi connectivity index (χ4v) is 3.89. The van der Waals surface area contributed by atoms with Crippen LogP contribution < -0.4 is 10.6 Å². The maximum atomic E-state index is 12.8. The van der Waals surface area contributed by atoms with Crippen LogP contribution in [0.5, 0.6) is 0 Å². The molecule has 2 aromatic carbocycles. The van der Waals surface area contributed by atoms with Crippen molar-refractivity contribution < 1.29 is 14.1 Å². The first-order chi connectivity index (χ1) is 15.5. The Morgan fingerprint density at radius 2 is 1.91 bits per heavy atom. The second-order valence-corrected chi connectivity index (χ2v) is 8.28. The van der Waals surface area contributed by atoms with Crippen LogP contribution in [0.15, 0.2) is 53.1 Å². The van der Waals surface area contributed by atoms with Gasteiger partial charge >= 0.3 is 0 Å². The summed E-state index contributed by atoms with van der Waals surface area (Å²) in [6.45, 7) is 3.41. The zero-order chi connectivity index (χ0) is 22.5. The van der Waals surface area contributed by atoms with Crippen LogP contribution in [0.1, 0.15) is 25.7 Å². The van der Waals surface area contributed by atoms with Crippen molar-refractivity contribution in [2.24, 2.45) is 5.92 Å². The van der Waals surface area contributed by atoms with Crippen LogP contribution in [0.25, 0.3) is 11.4 Å². The van der Waals surface area contributed by atoms with Gasteiger partial charge < -0.3 is 15.2 Å². The van der Waals surface area contributed by atoms with Crippen LogP contribution in [-0.4, -0.2) is 39.9 Å². The van der Waals surface area contributed by atoms with Crippen molar-refractivity contribution in [2.45, 2.75) is 26.3 Å². The van der Waals surface area contributed by atoms with E-state index in [2.05, 4.69) is 25.7 Å². The molecular weight excluding hydrogens is 430 g/mol. The molecule has 1 fully saturated rings. The summed E-state index contributed by atoms with van der Waals surface area (Å²) in [6, 6.07) is 14.4. The molecule has 1 unspecified atom stereocenters. The van der Waals surface area contributed by atoms with Crippen molar-refractivity contribution in [3.8, 4) is 11.4 Å². The second kappa shape index (κ2) is 9.93. The lowest BCUT2D eigenvalue weighted by Crippen LogP contribution is -2.40. The highest BCUT2D eigenvalue weighted by molar-refractivity contribution is 6.30. The van der Waals surface area contributed by atoms with E-state index in [1.165, 1.54) is 6.92 Å². The third-order valence-corrected chi connectivity index (χ3v) is 5.51. The fourth-order valence-electron chi connectivity index (χ4n) is 3.76. The van der Waals surface area contributed by atoms with E-state index in [1.807, 2.05) is 12.1 Å². The number of nitrogens with zero attached hydrogens (tertiary/aromatic N) is 3. The largest absolute Gasteiger partial charge is 0.338 e. The summed E-state index contributed by atoms with van der Waals surface area (Å²) in [6.07, 6.45) is 1.72. The summed E-state index contributed by atoms with van der Waals surface area (Å²) >= 11 is 5.93. The molecule has 0 spiro atoms. The van der Waals surface area contributed by atoms with Crippen LogP contribution >= 0.6 is 11.6 Å². The number of amides is 2. The molecule has 4 rings (SSSR count). The number of aromatic nitrogens is 2. The Bertz CT molecular complexity index is 1100. The number of carbonyl (C=O) groups is 2. The average molecular weight is 454 g/mol. The molecule has 2 amide bonds. The van der Waals surface area contributed by atoms with Crippen molar-refractivity contribution in [1.82, 2.24) is 15.0 Å². The number of benzene rings is 2. The molecule has 1 atom stereocenters. The lowest BCUT2D eigenvalue weighted by atomic mass is 9.97. The first-order valence-corrected chi connectivity index (χ1v) is 10.8. The van der Waals surface area contributed by atoms with E-state index in [0.29, 0.717) is 41.2 Å². The van der Waals surface area contributed by atoms with Crippen molar-refractivity contribution in [3.05, 3.63) is 59.4 Å². The van der Waals surface area contributed by atoms with E-state index in [-0.39, 0.29) is 17.7 Å². The monoisotopic (exact) mass is 453 g/mol. The molecule has 0 radical (unpaired) electrons. The lowest BCUT2D eigenvalue weighted by Gasteiger charge is -2.30. The van der Waals surface area contributed by atoms with E-state index in [9.17, 15) is 9.59 Å². The van der Waals surface area contributed by atoms with Crippen LogP contribution in [0, 0.1) is 5.92 Å². The molecule has 1 aromatic heterocycles. The number of likely N-dealkylation sites (tertiary alicyclic amines) is 1. The van der Waals surface area contributed by atoms with Gasteiger partial charge in [-0.15, -0.1) is 0 Å². The molecule has 32 heavy (non-hydrogen) atoms. The minimum atomic E-state index is -0.156. The van der Waals surface area contributed by atoms with Crippen LogP contribution in [-0.2, 0) is 16.1 Å². The molecule has 1 saturated heterocycles. The SMILES string of the molecule is CC(=O)Nc1cccc(NC(=O)C2CCCN(Cc3nc(-c4ccc(Cl)cc4)no3)C2)c1. The van der Waals surface area contributed by atoms with Gasteiger partial charge in [-0.3, -0.25) is 14.5 Å². The Morgan fingerprint density at radius 1 is 1.16 bits per heavy atom. The highest BCUT2D eigenvalue weighted by Gasteiger charge is 2.27. The van der Waals surface area contributed by atoms with Crippen LogP contribution in [0.4, 0.5) is 11.4 Å². The van der Waals surface area contributed by atoms with Gasteiger partial charge in [-0.1, -0.05) is 22.8 Å². The standard InChI is InChI=1S/C23H24ClN5O3/c1-15(30)25-19-5-2-6-20(12-19)26-23(31)17-4-3-11-29(13-17)14-21-27-22(28-32-21)16-7-9-18(24)10-8-16/h2,5-10,12,17H,3-4,11,13-14H2,1H3,(H,25,30)(H,26,31). The number of nitrogens with one attached hydrogen (secondary N) is 2. The van der Waals surface area contributed by atoms with Crippen molar-refractivity contribution in [1.29, 1.82) is 0 Å². The summed E-state index contributed by atoms with van der Waals surface area (Å²) in [4.78, 5) is 30.7. The molecule has 9 heteroatoms. The molecule has 1 aliphatic heterocycles. The minimum absolute atomic E-state index is 0.0398. The van der Waals surface area contributed by atoms with Gasteiger partial charge in [0.1, 0.15) is 0 Å². The predicted octanol–water partition coefficient (Wildman–Crippen LogP) is 4.20. The third-order valence-electron chi connectivity index (χ3n) is 5.26. The third kappa shape index (κ3) is 5.72. The normalized spacial score (nSPS) is 16.5. The molecule has 166 valence electrons. The number of hydrogen-bond acceptors (Lipinski definition) is 6. The number of hydrogen-bond donors (Lipinski definition) is 2. The fraction of sp³-hybridized carbons (Fsp3) is 0.304. The maximum absolute atomic E-state index is 12.8. The summed E-state index contributed by atoms with van der Waals surface area (Å²) in [7, 11) is 0. The quantitative estimate of drug-likeness (QED) is 0.580. The Hall–Kier alpha value is -3.23. The van der Waals surface area contributed by atoms with E-state index in [1.54, 1.807) is 36.4 Å². The first-order valence-electron chi connectivity index (χ1n) is 10.5. The molecule has 0 aliphatic carbocycles. The van der Waals surface area contributed by atoms with Gasteiger partial charge in [0.15, 0.2) is 0 Å². The van der Waals surface area contributed by atoms with Gasteiger partial charge in [-0.05, 0) is 61.9 Å². The summed E-state index contributed by atoms with van der Waals surface area (Å²) in [5, 5.41) is 10.4. The van der Waals surface area contributed by atoms with Crippen LogP contribution in [0.3, 0.4) is 0 Å². The summed E-state index contributed by atoms with van der Waals surface area (Å²) < 4.78 is 5.42. The van der Waals surface area contributed by atoms with E-state index in [0.717, 1.165) is 24.9 Å². The molecule has 2 N–H and O–H groups in total. The number of halogens is 1. The minimum Gasteiger partial charge on any atom is -0.338 e. The van der Waals surface area contributed by atoms with Crippen LogP contribution in [0.2, 0.25) is 5.02 Å². The Kier molecular flexibility index (Phi) is 6.82. The molecule has 8 nitrogen and oxygen atoms in total. The van der Waals surface area contributed by atoms with Crippen molar-refractivity contribution in [2.75, 3.05) is 23.7 Å². The zero-order valence-corrected chi connectivity index (χ0v) is 18.4. The molecule has 0 saturated carbocycles. The highest BCUT2D eigenvalue weighted by Crippen LogP contribution is 2.23. The average Bonchev–Trinajstić information content (AvgIpc) is 3.22. The van der Waals surface area contributed by atoms with Gasteiger partial charge in [0, 0.05) is 35.4 Å². The summed E-state index contributed by atoms with van der Waals surface area (Å²) in [5.74, 6) is 0.687. The molecule has 3 aromatic rings. The molecule has 2 heterocycles. The van der Waals surface area contributed by atoms with Gasteiger partial charge in [0.25, 0.3) is 0 Å². The predicted molar refractivity (Wildman–Crippen MR) is 122 cm³/mol. The molecule has 1 aliphatic rings. The number of piperidine rings is 1. The number of rotatable bonds is 6. The Labute approximate surface area is 190 Å². The van der Waals surface area contributed by atoms with Gasteiger partial charge in [0.2, 0.25) is 23.5 Å². The van der Waals surface area contributed by atoms with Crippen molar-refractivity contribution >= 4 is 34.8 Å². The van der Waals surface area contributed by atoms with E-state index in [4.69, 9.17) is 16.1 Å². The van der Waals surface area contributed by atoms with Gasteiger partial charge in [-0.2, -0.15) is 4.98 Å². The maximum Gasteiger partial charge on any atom is 0.241 e. The lowest BCUT2D eigenvalue weighted by molar-refractivity contribution is -0.121. The van der Waals surface area contributed by atoms with Gasteiger partial charge in [-0.25, -0.2) is 0 Å². The highest BCUT2D eigenvalue weighted by atomic mass is 35.5. The van der Waals surface area contributed by atoms with Crippen molar-refractivity contribution in [3.63, 3.8) is 0 Å². The molecule has 0 bridgehead atoms. The van der Waals surface area contributed by atoms with E-state index >= 15 is 0 Å². The van der Waals surface area contributed by atoms with E-state index < -0.39 is 0 Å². The number of anilines is 2. The Morgan fingerprint density at radius 3 is 2.66 bits per heavy atom. The smallest absolute Gasteiger partial charge is 0.241 e.